The molecule has 0 saturated carbocycles. The molecule has 0 aromatic rings. The first-order chi connectivity index (χ1) is 2.41. The fourth-order valence-corrected chi connectivity index (χ4v) is 0.0481. The van der Waals surface area contributed by atoms with Crippen molar-refractivity contribution in [2.75, 3.05) is 0 Å². The summed E-state index contributed by atoms with van der Waals surface area (Å²) in [6, 6.07) is 0. The van der Waals surface area contributed by atoms with Crippen molar-refractivity contribution in [1.82, 2.24) is 0 Å². The van der Waals surface area contributed by atoms with Gasteiger partial charge in [-0.05, 0) is 0 Å². The van der Waals surface area contributed by atoms with Crippen molar-refractivity contribution in [1.29, 1.82) is 0 Å². The van der Waals surface area contributed by atoms with Crippen LogP contribution in [-0.2, 0) is 27.2 Å². The van der Waals surface area contributed by atoms with Crippen molar-refractivity contribution in [3.05, 3.63) is 12.7 Å². The van der Waals surface area contributed by atoms with Crippen LogP contribution in [0.4, 0.5) is 0 Å². The van der Waals surface area contributed by atoms with E-state index in [-0.39, 0.29) is 28.8 Å². The normalized spacial score (nSPS) is 5.33. The first-order valence-electron chi connectivity index (χ1n) is 1.30. The van der Waals surface area contributed by atoms with Crippen LogP contribution in [0.1, 0.15) is 6.42 Å². The second-order valence-electron chi connectivity index (χ2n) is 0.584. The molecule has 6 heavy (non-hydrogen) atoms. The Kier molecular flexibility index (Phi) is 14.1. The molecule has 0 unspecified atom stereocenters. The van der Waals surface area contributed by atoms with Crippen molar-refractivity contribution in [2.45, 2.75) is 6.42 Å². The number of hydrogen-bond donors (Lipinski definition) is 0. The molecule has 0 aliphatic rings. The Balaban J connectivity index is 0. The Labute approximate surface area is 52.9 Å². The third-order valence-electron chi connectivity index (χ3n) is 0.201. The molecular weight excluding hydrogens is 261 g/mol. The molecular formula is C4H4AuO-2. The minimum Gasteiger partial charge on any atom is -0.542 e. The Hall–Kier alpha value is 0.150. The first-order valence-corrected chi connectivity index (χ1v) is 1.30. The Morgan fingerprint density at radius 2 is 2.33 bits per heavy atom. The van der Waals surface area contributed by atoms with Crippen LogP contribution >= 0.6 is 0 Å². The van der Waals surface area contributed by atoms with Gasteiger partial charge < -0.3 is 11.4 Å². The average molecular weight is 265 g/mol. The monoisotopic (exact) mass is 265 g/mol. The molecule has 1 radical (unpaired) electrons. The standard InChI is InChI=1S/C4H4O.Au/c1-2-3-4-5;/h1-2H,3H2;/q-2;. The SMILES string of the molecule is [Au].[CH-]=CC[C-]=O. The van der Waals surface area contributed by atoms with E-state index >= 15 is 0 Å². The summed E-state index contributed by atoms with van der Waals surface area (Å²) in [4.78, 5) is 9.17. The Morgan fingerprint density at radius 1 is 1.83 bits per heavy atom. The molecule has 0 atom stereocenters. The van der Waals surface area contributed by atoms with Crippen LogP contribution in [0.5, 0.6) is 0 Å². The predicted molar refractivity (Wildman–Crippen MR) is 19.2 cm³/mol. The van der Waals surface area contributed by atoms with Crippen LogP contribution in [0.15, 0.2) is 6.08 Å². The van der Waals surface area contributed by atoms with Crippen molar-refractivity contribution >= 4 is 6.29 Å². The minimum absolute atomic E-state index is 0. The van der Waals surface area contributed by atoms with E-state index in [2.05, 4.69) is 0 Å². The molecule has 39 valence electrons. The van der Waals surface area contributed by atoms with Crippen LogP contribution < -0.4 is 0 Å². The van der Waals surface area contributed by atoms with Gasteiger partial charge in [0, 0.05) is 22.4 Å². The van der Waals surface area contributed by atoms with Gasteiger partial charge in [-0.3, -0.25) is 12.4 Å². The summed E-state index contributed by atoms with van der Waals surface area (Å²) in [5.41, 5.74) is 0. The number of hydrogen-bond acceptors (Lipinski definition) is 1. The van der Waals surface area contributed by atoms with E-state index in [0.29, 0.717) is 0 Å². The van der Waals surface area contributed by atoms with Gasteiger partial charge in [0.2, 0.25) is 0 Å². The van der Waals surface area contributed by atoms with Crippen molar-refractivity contribution in [3.8, 4) is 0 Å². The fraction of sp³-hybridized carbons (Fsp3) is 0.250. The quantitative estimate of drug-likeness (QED) is 0.524. The zero-order valence-corrected chi connectivity index (χ0v) is 5.24. The van der Waals surface area contributed by atoms with E-state index in [1.54, 1.807) is 6.29 Å². The second kappa shape index (κ2) is 8.94. The van der Waals surface area contributed by atoms with Gasteiger partial charge in [0.1, 0.15) is 0 Å². The van der Waals surface area contributed by atoms with E-state index in [1.165, 1.54) is 6.08 Å². The van der Waals surface area contributed by atoms with Crippen LogP contribution in [0.3, 0.4) is 0 Å². The zero-order valence-electron chi connectivity index (χ0n) is 3.07. The van der Waals surface area contributed by atoms with E-state index in [9.17, 15) is 0 Å². The molecule has 1 nitrogen and oxygen atoms in total. The molecule has 0 rings (SSSR count). The van der Waals surface area contributed by atoms with Gasteiger partial charge in [-0.25, -0.2) is 0 Å². The molecule has 2 heteroatoms. The van der Waals surface area contributed by atoms with E-state index in [4.69, 9.17) is 11.4 Å². The van der Waals surface area contributed by atoms with Gasteiger partial charge in [-0.15, -0.1) is 0 Å². The molecule has 0 aromatic carbocycles. The van der Waals surface area contributed by atoms with E-state index in [0.717, 1.165) is 0 Å². The van der Waals surface area contributed by atoms with Crippen molar-refractivity contribution in [2.24, 2.45) is 0 Å². The maximum atomic E-state index is 9.17. The van der Waals surface area contributed by atoms with Crippen molar-refractivity contribution < 1.29 is 27.2 Å². The predicted octanol–water partition coefficient (Wildman–Crippen LogP) is 0.473. The molecule has 0 aliphatic heterocycles. The molecule has 0 saturated heterocycles. The number of allylic oxidation sites excluding steroid dienone is 1. The van der Waals surface area contributed by atoms with Gasteiger partial charge in [0.15, 0.2) is 0 Å². The van der Waals surface area contributed by atoms with Gasteiger partial charge >= 0.3 is 0 Å². The van der Waals surface area contributed by atoms with Crippen LogP contribution in [0.2, 0.25) is 0 Å². The third kappa shape index (κ3) is 8.91. The Morgan fingerprint density at radius 3 is 2.33 bits per heavy atom. The maximum absolute atomic E-state index is 9.17. The second-order valence-corrected chi connectivity index (χ2v) is 0.584. The summed E-state index contributed by atoms with van der Waals surface area (Å²) in [5, 5.41) is 0. The third-order valence-corrected chi connectivity index (χ3v) is 0.201. The Bertz CT molecular complexity index is 36.8. The van der Waals surface area contributed by atoms with Crippen LogP contribution in [0.25, 0.3) is 0 Å². The molecule has 0 N–H and O–H groups in total. The number of carbonyl (C=O) groups excluding carboxylic acids is 1. The molecule has 0 aliphatic carbocycles. The summed E-state index contributed by atoms with van der Waals surface area (Å²) in [7, 11) is 0. The summed E-state index contributed by atoms with van der Waals surface area (Å²) < 4.78 is 0. The zero-order chi connectivity index (χ0) is 4.12. The fourth-order valence-electron chi connectivity index (χ4n) is 0.0481. The van der Waals surface area contributed by atoms with Crippen molar-refractivity contribution in [3.63, 3.8) is 0 Å². The van der Waals surface area contributed by atoms with Crippen LogP contribution in [-0.4, -0.2) is 6.29 Å². The number of rotatable bonds is 2. The van der Waals surface area contributed by atoms with Gasteiger partial charge in [0.25, 0.3) is 0 Å². The summed E-state index contributed by atoms with van der Waals surface area (Å²) >= 11 is 0. The van der Waals surface area contributed by atoms with Gasteiger partial charge in [-0.1, -0.05) is 0 Å². The molecule has 0 aromatic heterocycles. The first kappa shape index (κ1) is 9.47. The largest absolute Gasteiger partial charge is 0.542 e. The van der Waals surface area contributed by atoms with E-state index in [1.807, 2.05) is 0 Å². The van der Waals surface area contributed by atoms with Gasteiger partial charge in [0.05, 0.1) is 0 Å². The summed E-state index contributed by atoms with van der Waals surface area (Å²) in [6.45, 7) is 4.75. The van der Waals surface area contributed by atoms with Crippen LogP contribution in [0, 0.1) is 6.58 Å². The topological polar surface area (TPSA) is 17.1 Å². The maximum Gasteiger partial charge on any atom is 0 e. The summed E-state index contributed by atoms with van der Waals surface area (Å²) in [6.07, 6.45) is 3.08. The molecule has 0 heterocycles. The molecule has 0 fully saturated rings. The smallest absolute Gasteiger partial charge is 0 e. The molecule has 0 amide bonds. The molecule has 0 spiro atoms. The average Bonchev–Trinajstić information content (AvgIpc) is 1.41. The molecule has 0 bridgehead atoms. The van der Waals surface area contributed by atoms with E-state index < -0.39 is 0 Å². The minimum atomic E-state index is 0. The summed E-state index contributed by atoms with van der Waals surface area (Å²) in [5.74, 6) is 0. The van der Waals surface area contributed by atoms with Gasteiger partial charge in [-0.2, -0.15) is 6.42 Å².